The Bertz CT molecular complexity index is 763. The van der Waals surface area contributed by atoms with E-state index < -0.39 is 8.32 Å². The molecule has 0 spiro atoms. The van der Waals surface area contributed by atoms with Crippen molar-refractivity contribution in [3.8, 4) is 5.75 Å². The van der Waals surface area contributed by atoms with E-state index in [4.69, 9.17) is 4.43 Å². The van der Waals surface area contributed by atoms with Crippen LogP contribution >= 0.6 is 0 Å². The highest BCUT2D eigenvalue weighted by Crippen LogP contribution is 2.40. The second kappa shape index (κ2) is 6.41. The van der Waals surface area contributed by atoms with Gasteiger partial charge in [0.05, 0.1) is 11.7 Å². The largest absolute Gasteiger partial charge is 0.543 e. The van der Waals surface area contributed by atoms with Gasteiger partial charge in [-0.05, 0) is 68.2 Å². The van der Waals surface area contributed by atoms with Crippen molar-refractivity contribution < 1.29 is 4.43 Å². The predicted molar refractivity (Wildman–Crippen MR) is 108 cm³/mol. The molecule has 0 aliphatic carbocycles. The van der Waals surface area contributed by atoms with E-state index in [1.807, 2.05) is 0 Å². The predicted octanol–water partition coefficient (Wildman–Crippen LogP) is 5.21. The molecule has 3 nitrogen and oxygen atoms in total. The van der Waals surface area contributed by atoms with E-state index in [2.05, 4.69) is 72.3 Å². The number of hydrogen-bond acceptors (Lipinski definition) is 3. The molecule has 2 aromatic carbocycles. The summed E-state index contributed by atoms with van der Waals surface area (Å²) in [7, 11) is -1.62. The summed E-state index contributed by atoms with van der Waals surface area (Å²) in [6, 6.07) is 15.8. The molecule has 1 unspecified atom stereocenters. The maximum absolute atomic E-state index is 6.29. The van der Waals surface area contributed by atoms with E-state index in [1.54, 1.807) is 0 Å². The van der Waals surface area contributed by atoms with Gasteiger partial charge in [0, 0.05) is 18.8 Å². The Morgan fingerprint density at radius 2 is 1.80 bits per heavy atom. The third kappa shape index (κ3) is 3.54. The number of anilines is 2. The average molecular weight is 353 g/mol. The van der Waals surface area contributed by atoms with E-state index in [0.717, 1.165) is 17.9 Å². The lowest BCUT2D eigenvalue weighted by Crippen LogP contribution is -2.30. The van der Waals surface area contributed by atoms with E-state index in [1.165, 1.54) is 42.7 Å². The quantitative estimate of drug-likeness (QED) is 0.765. The van der Waals surface area contributed by atoms with Crippen molar-refractivity contribution in [3.05, 3.63) is 53.6 Å². The summed E-state index contributed by atoms with van der Waals surface area (Å²) in [5.74, 6) is 1.01. The standard InChI is InChI=1S/C21H28N2OSi/c1-25(2,3)24-21-11-10-16-14-18(22-19(21)15-16)17-8-4-5-9-20(17)23-12-6-7-13-23/h4-5,8-11,15,18,22H,6-7,12-14H2,1-3H3. The van der Waals surface area contributed by atoms with Crippen molar-refractivity contribution in [2.45, 2.75) is 44.9 Å². The molecule has 2 bridgehead atoms. The topological polar surface area (TPSA) is 24.5 Å². The summed E-state index contributed by atoms with van der Waals surface area (Å²) in [5.41, 5.74) is 5.34. The normalized spacial score (nSPS) is 19.6. The van der Waals surface area contributed by atoms with Crippen LogP contribution in [-0.4, -0.2) is 21.4 Å². The van der Waals surface area contributed by atoms with Crippen LogP contribution in [0.3, 0.4) is 0 Å². The smallest absolute Gasteiger partial charge is 0.242 e. The lowest BCUT2D eigenvalue weighted by atomic mass is 9.93. The Morgan fingerprint density at radius 1 is 1.04 bits per heavy atom. The maximum Gasteiger partial charge on any atom is 0.242 e. The number of para-hydroxylation sites is 1. The first-order valence-corrected chi connectivity index (χ1v) is 12.8. The first kappa shape index (κ1) is 16.5. The van der Waals surface area contributed by atoms with Crippen LogP contribution in [-0.2, 0) is 6.42 Å². The van der Waals surface area contributed by atoms with Crippen LogP contribution in [0.4, 0.5) is 11.4 Å². The van der Waals surface area contributed by atoms with Gasteiger partial charge in [0.2, 0.25) is 8.32 Å². The number of hydrogen-bond donors (Lipinski definition) is 1. The van der Waals surface area contributed by atoms with Crippen LogP contribution in [0.5, 0.6) is 5.75 Å². The summed E-state index contributed by atoms with van der Waals surface area (Å²) < 4.78 is 6.29. The van der Waals surface area contributed by atoms with Crippen molar-refractivity contribution in [3.63, 3.8) is 0 Å². The van der Waals surface area contributed by atoms with E-state index >= 15 is 0 Å². The third-order valence-corrected chi connectivity index (χ3v) is 5.82. The summed E-state index contributed by atoms with van der Waals surface area (Å²) in [4.78, 5) is 2.54. The second-order valence-electron chi connectivity index (χ2n) is 8.20. The molecule has 4 rings (SSSR count). The Labute approximate surface area is 152 Å². The molecule has 2 heterocycles. The van der Waals surface area contributed by atoms with Gasteiger partial charge >= 0.3 is 0 Å². The van der Waals surface area contributed by atoms with Crippen molar-refractivity contribution in [1.29, 1.82) is 0 Å². The zero-order chi connectivity index (χ0) is 17.4. The monoisotopic (exact) mass is 352 g/mol. The van der Waals surface area contributed by atoms with Gasteiger partial charge in [-0.1, -0.05) is 24.3 Å². The minimum absolute atomic E-state index is 0.317. The fourth-order valence-electron chi connectivity index (χ4n) is 3.93. The first-order chi connectivity index (χ1) is 12.0. The first-order valence-electron chi connectivity index (χ1n) is 9.42. The van der Waals surface area contributed by atoms with Gasteiger partial charge in [0.1, 0.15) is 5.75 Å². The molecule has 0 amide bonds. The molecular weight excluding hydrogens is 324 g/mol. The van der Waals surface area contributed by atoms with Gasteiger partial charge in [0.15, 0.2) is 0 Å². The molecule has 0 radical (unpaired) electrons. The molecule has 2 aliphatic rings. The molecule has 1 fully saturated rings. The lowest BCUT2D eigenvalue weighted by molar-refractivity contribution is 0.555. The molecule has 132 valence electrons. The molecule has 25 heavy (non-hydrogen) atoms. The van der Waals surface area contributed by atoms with Gasteiger partial charge in [0.25, 0.3) is 0 Å². The molecule has 2 aliphatic heterocycles. The summed E-state index contributed by atoms with van der Waals surface area (Å²) in [6.45, 7) is 9.06. The van der Waals surface area contributed by atoms with E-state index in [0.29, 0.717) is 6.04 Å². The van der Waals surface area contributed by atoms with Crippen molar-refractivity contribution >= 4 is 19.7 Å². The van der Waals surface area contributed by atoms with Gasteiger partial charge in [-0.15, -0.1) is 0 Å². The van der Waals surface area contributed by atoms with Crippen LogP contribution in [0.25, 0.3) is 0 Å². The highest BCUT2D eigenvalue weighted by molar-refractivity contribution is 6.70. The molecule has 1 N–H and O–H groups in total. The fourth-order valence-corrected chi connectivity index (χ4v) is 4.76. The molecule has 2 aromatic rings. The summed E-state index contributed by atoms with van der Waals surface area (Å²) >= 11 is 0. The second-order valence-corrected chi connectivity index (χ2v) is 12.6. The molecular formula is C21H28N2OSi. The highest BCUT2D eigenvalue weighted by atomic mass is 28.4. The maximum atomic E-state index is 6.29. The number of benzene rings is 2. The van der Waals surface area contributed by atoms with Crippen LogP contribution < -0.4 is 14.6 Å². The zero-order valence-electron chi connectivity index (χ0n) is 15.5. The van der Waals surface area contributed by atoms with Crippen LogP contribution in [0.2, 0.25) is 19.6 Å². The Balaban J connectivity index is 1.64. The SMILES string of the molecule is C[Si](C)(C)Oc1ccc2cc1NC(c1ccccc1N1CCCC1)C2. The lowest BCUT2D eigenvalue weighted by Gasteiger charge is -2.32. The van der Waals surface area contributed by atoms with E-state index in [9.17, 15) is 0 Å². The number of rotatable bonds is 4. The Kier molecular flexibility index (Phi) is 4.24. The molecule has 1 atom stereocenters. The number of nitrogens with one attached hydrogen (secondary N) is 1. The highest BCUT2D eigenvalue weighted by Gasteiger charge is 2.26. The third-order valence-electron chi connectivity index (χ3n) is 4.99. The molecule has 4 heteroatoms. The van der Waals surface area contributed by atoms with Gasteiger partial charge in [-0.2, -0.15) is 0 Å². The number of nitrogens with zero attached hydrogens (tertiary/aromatic N) is 1. The number of fused-ring (bicyclic) bond motifs is 2. The van der Waals surface area contributed by atoms with Gasteiger partial charge in [-0.25, -0.2) is 0 Å². The van der Waals surface area contributed by atoms with Crippen LogP contribution in [0.15, 0.2) is 42.5 Å². The van der Waals surface area contributed by atoms with Crippen LogP contribution in [0, 0.1) is 0 Å². The Morgan fingerprint density at radius 3 is 2.56 bits per heavy atom. The van der Waals surface area contributed by atoms with Crippen molar-refractivity contribution in [2.75, 3.05) is 23.3 Å². The summed E-state index contributed by atoms with van der Waals surface area (Å²) in [6.07, 6.45) is 3.64. The van der Waals surface area contributed by atoms with Gasteiger partial charge < -0.3 is 14.6 Å². The van der Waals surface area contributed by atoms with E-state index in [-0.39, 0.29) is 0 Å². The fraction of sp³-hybridized carbons (Fsp3) is 0.429. The minimum Gasteiger partial charge on any atom is -0.543 e. The molecule has 1 saturated heterocycles. The Hall–Kier alpha value is -1.94. The minimum atomic E-state index is -1.62. The summed E-state index contributed by atoms with van der Waals surface area (Å²) in [5, 5.41) is 3.76. The van der Waals surface area contributed by atoms with Crippen LogP contribution in [0.1, 0.15) is 30.0 Å². The molecule has 0 saturated carbocycles. The average Bonchev–Trinajstić information content (AvgIpc) is 3.11. The zero-order valence-corrected chi connectivity index (χ0v) is 16.5. The van der Waals surface area contributed by atoms with Crippen molar-refractivity contribution in [1.82, 2.24) is 0 Å². The molecule has 0 aromatic heterocycles. The van der Waals surface area contributed by atoms with Crippen molar-refractivity contribution in [2.24, 2.45) is 0 Å². The van der Waals surface area contributed by atoms with Gasteiger partial charge in [-0.3, -0.25) is 0 Å².